The summed E-state index contributed by atoms with van der Waals surface area (Å²) < 4.78 is 0. The van der Waals surface area contributed by atoms with E-state index in [1.54, 1.807) is 27.7 Å². The summed E-state index contributed by atoms with van der Waals surface area (Å²) in [5.41, 5.74) is 0. The average Bonchev–Trinajstić information content (AvgIpc) is 2.01. The zero-order valence-corrected chi connectivity index (χ0v) is 21.9. The number of Topliss-reactive ketones (excluding diaryl/α,β-unsaturated/α-hetero) is 1. The van der Waals surface area contributed by atoms with Crippen molar-refractivity contribution in [2.75, 3.05) is 4.93 Å². The summed E-state index contributed by atoms with van der Waals surface area (Å²) in [5.74, 6) is 0.167. The molecule has 0 heterocycles. The fraction of sp³-hybridized carbons (Fsp3) is 0.909. The molecule has 0 atom stereocenters. The van der Waals surface area contributed by atoms with E-state index in [2.05, 4.69) is 82.5 Å². The Morgan fingerprint density at radius 3 is 0.895 bits per heavy atom. The molecular weight excluding hydrogens is 739 g/mol. The van der Waals surface area contributed by atoms with Gasteiger partial charge in [-0.25, -0.2) is 0 Å². The molecule has 0 aromatic heterocycles. The molecule has 3 nitrogen and oxygen atoms in total. The van der Waals surface area contributed by atoms with Gasteiger partial charge in [0.05, 0.1) is 0 Å². The molecule has 0 unspecified atom stereocenters. The molecule has 2 N–H and O–H groups in total. The number of rotatable bonds is 0. The van der Waals surface area contributed by atoms with Crippen LogP contribution in [0.25, 0.3) is 0 Å². The predicted octanol–water partition coefficient (Wildman–Crippen LogP) is 5.71. The number of carbonyl (C=O) groups excluding carboxylic acids is 1. The zero-order valence-electron chi connectivity index (χ0n) is 11.9. The summed E-state index contributed by atoms with van der Waals surface area (Å²) in [7, 11) is 0. The van der Waals surface area contributed by atoms with Crippen LogP contribution >= 0.6 is 82.5 Å². The van der Waals surface area contributed by atoms with Gasteiger partial charge >= 0.3 is 64.9 Å². The molecule has 0 radical (unpaired) electrons. The van der Waals surface area contributed by atoms with Gasteiger partial charge in [-0.2, -0.15) is 0 Å². The number of aliphatic hydroxyl groups is 2. The second kappa shape index (κ2) is 37.4. The molecule has 0 bridgehead atoms. The van der Waals surface area contributed by atoms with E-state index in [4.69, 9.17) is 10.2 Å². The molecular formula is C11H29I4O3V. The second-order valence-electron chi connectivity index (χ2n) is 3.29. The van der Waals surface area contributed by atoms with Crippen LogP contribution in [0.1, 0.15) is 49.0 Å². The number of carbonyl (C=O) groups is 1. The van der Waals surface area contributed by atoms with Crippen molar-refractivity contribution in [3.63, 3.8) is 0 Å². The summed E-state index contributed by atoms with van der Waals surface area (Å²) in [6, 6.07) is 0. The first-order valence-corrected chi connectivity index (χ1v) is 20.6. The zero-order chi connectivity index (χ0) is 16.3. The summed E-state index contributed by atoms with van der Waals surface area (Å²) in [6.07, 6.45) is -0.333. The maximum absolute atomic E-state index is 9.44. The Morgan fingerprint density at radius 2 is 0.895 bits per heavy atom. The van der Waals surface area contributed by atoms with E-state index in [1.165, 1.54) is 13.8 Å². The Morgan fingerprint density at radius 1 is 0.895 bits per heavy atom. The van der Waals surface area contributed by atoms with Crippen LogP contribution in [0.3, 0.4) is 0 Å². The number of ketones is 1. The average molecular weight is 768 g/mol. The van der Waals surface area contributed by atoms with Crippen LogP contribution in [0.4, 0.5) is 0 Å². The normalized spacial score (nSPS) is 7.37. The Kier molecular flexibility index (Phi) is 74.7. The van der Waals surface area contributed by atoms with E-state index >= 15 is 0 Å². The van der Waals surface area contributed by atoms with Gasteiger partial charge < -0.3 is 15.0 Å². The van der Waals surface area contributed by atoms with Gasteiger partial charge in [0.2, 0.25) is 0 Å². The fourth-order valence-electron chi connectivity index (χ4n) is 0. The molecule has 0 fully saturated rings. The van der Waals surface area contributed by atoms with Crippen LogP contribution in [-0.2, 0) is 9.72 Å². The van der Waals surface area contributed by atoms with Gasteiger partial charge in [-0.15, -0.1) is 0 Å². The molecule has 19 heavy (non-hydrogen) atoms. The number of alkyl halides is 1. The van der Waals surface area contributed by atoms with E-state index in [-0.39, 0.29) is 30.3 Å². The predicted molar refractivity (Wildman–Crippen MR) is 120 cm³/mol. The van der Waals surface area contributed by atoms with Crippen molar-refractivity contribution >= 4 is 88.3 Å². The number of halogens is 4. The summed E-state index contributed by atoms with van der Waals surface area (Å²) in [4.78, 5) is 11.1. The number of hydrogen-bond donors (Lipinski definition) is 2. The second-order valence-corrected chi connectivity index (χ2v) is 38.7. The van der Waals surface area contributed by atoms with Gasteiger partial charge in [0, 0.05) is 12.2 Å². The first-order chi connectivity index (χ1) is 7.93. The van der Waals surface area contributed by atoms with Gasteiger partial charge in [0.25, 0.3) is 0 Å². The monoisotopic (exact) mass is 768 g/mol. The Balaban J connectivity index is -0.0000000279. The maximum atomic E-state index is 9.44. The van der Waals surface area contributed by atoms with Crippen LogP contribution in [0.5, 0.6) is 0 Å². The molecule has 8 heteroatoms. The van der Waals surface area contributed by atoms with Crippen LogP contribution in [0, 0.1) is 0 Å². The van der Waals surface area contributed by atoms with Gasteiger partial charge in [-0.05, 0) is 46.5 Å². The molecule has 0 aliphatic heterocycles. The van der Waals surface area contributed by atoms with Gasteiger partial charge in [-0.1, -0.05) is 30.0 Å². The summed E-state index contributed by atoms with van der Waals surface area (Å²) >= 11 is 9.54. The molecule has 0 aliphatic carbocycles. The van der Waals surface area contributed by atoms with E-state index in [1.807, 2.05) is 4.93 Å². The van der Waals surface area contributed by atoms with Crippen LogP contribution in [0.2, 0.25) is 0 Å². The van der Waals surface area contributed by atoms with E-state index in [0.717, 1.165) is 0 Å². The molecule has 0 aromatic rings. The third-order valence-electron chi connectivity index (χ3n) is 0. The van der Waals surface area contributed by atoms with Gasteiger partial charge in [0.1, 0.15) is 5.78 Å². The van der Waals surface area contributed by atoms with Crippen molar-refractivity contribution in [2.24, 2.45) is 0 Å². The Labute approximate surface area is 171 Å². The van der Waals surface area contributed by atoms with Gasteiger partial charge in [-0.3, -0.25) is 0 Å². The van der Waals surface area contributed by atoms with Crippen LogP contribution < -0.4 is 0 Å². The van der Waals surface area contributed by atoms with E-state index in [0.29, 0.717) is 0 Å². The van der Waals surface area contributed by atoms with Crippen LogP contribution in [0.15, 0.2) is 0 Å². The quantitative estimate of drug-likeness (QED) is 0.246. The van der Waals surface area contributed by atoms with Crippen molar-refractivity contribution in [3.05, 3.63) is 0 Å². The van der Waals surface area contributed by atoms with Crippen molar-refractivity contribution in [1.82, 2.24) is 0 Å². The molecule has 0 saturated carbocycles. The molecule has 0 amide bonds. The molecule has 0 spiro atoms. The molecule has 124 valence electrons. The number of hydrogen-bond acceptors (Lipinski definition) is 3. The summed E-state index contributed by atoms with van der Waals surface area (Å²) in [5, 5.41) is 16.1. The Hall–Kier alpha value is 3.09. The van der Waals surface area contributed by atoms with Crippen LogP contribution in [-0.4, -0.2) is 33.1 Å². The first-order valence-electron chi connectivity index (χ1n) is 4.91. The SMILES string of the molecule is C.CC(C)=O.CC(C)O.CC(C)O.CI.[I][V]([I])[I]. The van der Waals surface area contributed by atoms with E-state index < -0.39 is 0 Å². The third-order valence-corrected chi connectivity index (χ3v) is 0. The topological polar surface area (TPSA) is 57.5 Å². The van der Waals surface area contributed by atoms with Crippen molar-refractivity contribution in [1.29, 1.82) is 0 Å². The van der Waals surface area contributed by atoms with E-state index in [9.17, 15) is 4.79 Å². The third kappa shape index (κ3) is 803. The first kappa shape index (κ1) is 38.0. The summed E-state index contributed by atoms with van der Waals surface area (Å²) in [6.45, 7) is 9.94. The molecule has 0 aliphatic rings. The van der Waals surface area contributed by atoms with Crippen molar-refractivity contribution in [2.45, 2.75) is 61.2 Å². The molecule has 0 saturated heterocycles. The fourth-order valence-corrected chi connectivity index (χ4v) is 0. The standard InChI is InChI=1S/2C3H8O.C3H6O.CH3I.CH4.3HI.V/c3*1-3(2)4;1-2;;;;;/h2*3-4H,1-2H3;1-2H3;1H3;1H4;3*1H;/q;;;;;;;;+3/p-3. The number of aliphatic hydroxyl groups excluding tert-OH is 2. The molecule has 0 rings (SSSR count). The van der Waals surface area contributed by atoms with Gasteiger partial charge in [0.15, 0.2) is 0 Å². The minimum absolute atomic E-state index is 0. The van der Waals surface area contributed by atoms with Crippen molar-refractivity contribution in [3.8, 4) is 0 Å². The Bertz CT molecular complexity index is 111. The van der Waals surface area contributed by atoms with Crippen molar-refractivity contribution < 1.29 is 19.9 Å². The minimum atomic E-state index is -0.278. The molecule has 0 aromatic carbocycles.